The highest BCUT2D eigenvalue weighted by Crippen LogP contribution is 2.19. The topological polar surface area (TPSA) is 38.3 Å². The Morgan fingerprint density at radius 3 is 2.38 bits per heavy atom. The van der Waals surface area contributed by atoms with Gasteiger partial charge in [-0.05, 0) is 35.9 Å². The van der Waals surface area contributed by atoms with E-state index in [4.69, 9.17) is 0 Å². The molecule has 0 heterocycles. The Bertz CT molecular complexity index is 717. The molecule has 0 spiro atoms. The number of carbonyl (C=O) groups excluding carboxylic acids is 1. The fourth-order valence-corrected chi connectivity index (χ4v) is 2.15. The second kappa shape index (κ2) is 7.65. The number of hydrogen-bond donors (Lipinski definition) is 1. The first-order chi connectivity index (χ1) is 11.2. The summed E-state index contributed by atoms with van der Waals surface area (Å²) >= 11 is 3.10. The summed E-state index contributed by atoms with van der Waals surface area (Å²) in [5.41, 5.74) is 0.545. The summed E-state index contributed by atoms with van der Waals surface area (Å²) in [6.45, 7) is -1.26. The monoisotopic (exact) mass is 405 g/mol. The third-order valence-electron chi connectivity index (χ3n) is 2.95. The lowest BCUT2D eigenvalue weighted by Crippen LogP contribution is -2.23. The maximum atomic E-state index is 13.7. The third-order valence-corrected chi connectivity index (χ3v) is 3.45. The van der Waals surface area contributed by atoms with Crippen LogP contribution in [0.2, 0.25) is 0 Å². The Morgan fingerprint density at radius 1 is 1.12 bits per heavy atom. The number of amides is 1. The van der Waals surface area contributed by atoms with Crippen molar-refractivity contribution in [2.45, 2.75) is 12.7 Å². The minimum Gasteiger partial charge on any atom is -0.484 e. The van der Waals surface area contributed by atoms with Gasteiger partial charge < -0.3 is 10.1 Å². The molecular formula is C16H12BrF4NO2. The van der Waals surface area contributed by atoms with Crippen LogP contribution in [0.4, 0.5) is 17.6 Å². The average molecular weight is 406 g/mol. The number of carbonyl (C=O) groups is 1. The first-order valence-corrected chi connectivity index (χ1v) is 7.55. The van der Waals surface area contributed by atoms with E-state index in [9.17, 15) is 22.4 Å². The van der Waals surface area contributed by atoms with E-state index in [1.165, 1.54) is 36.4 Å². The molecule has 2 aromatic carbocycles. The van der Waals surface area contributed by atoms with E-state index >= 15 is 0 Å². The molecule has 0 bridgehead atoms. The van der Waals surface area contributed by atoms with Gasteiger partial charge in [-0.3, -0.25) is 4.79 Å². The lowest BCUT2D eigenvalue weighted by molar-refractivity contribution is -0.153. The zero-order valence-electron chi connectivity index (χ0n) is 12.2. The average Bonchev–Trinajstić information content (AvgIpc) is 2.51. The zero-order chi connectivity index (χ0) is 17.7. The highest BCUT2D eigenvalue weighted by Gasteiger charge is 2.28. The van der Waals surface area contributed by atoms with E-state index < -0.39 is 24.5 Å². The van der Waals surface area contributed by atoms with Gasteiger partial charge in [0.2, 0.25) is 0 Å². The molecule has 0 radical (unpaired) electrons. The Labute approximate surface area is 143 Å². The second-order valence-electron chi connectivity index (χ2n) is 4.85. The van der Waals surface area contributed by atoms with E-state index in [1.54, 1.807) is 6.07 Å². The van der Waals surface area contributed by atoms with Crippen molar-refractivity contribution in [2.24, 2.45) is 0 Å². The lowest BCUT2D eigenvalue weighted by atomic mass is 10.2. The van der Waals surface area contributed by atoms with Crippen molar-refractivity contribution in [3.63, 3.8) is 0 Å². The van der Waals surface area contributed by atoms with Crippen LogP contribution >= 0.6 is 15.9 Å². The molecule has 2 aromatic rings. The normalized spacial score (nSPS) is 11.2. The van der Waals surface area contributed by atoms with Gasteiger partial charge >= 0.3 is 6.18 Å². The van der Waals surface area contributed by atoms with Crippen molar-refractivity contribution in [1.82, 2.24) is 5.32 Å². The quantitative estimate of drug-likeness (QED) is 0.745. The standard InChI is InChI=1S/C16H12BrF4NO2/c17-11-3-6-13(14(18)7-11)15(23)22-8-10-1-4-12(5-2-10)24-9-16(19,20)21/h1-7H,8-9H2,(H,22,23). The minimum absolute atomic E-state index is 0.0707. The van der Waals surface area contributed by atoms with E-state index in [-0.39, 0.29) is 17.9 Å². The Morgan fingerprint density at radius 2 is 1.79 bits per heavy atom. The molecule has 0 saturated carbocycles. The predicted molar refractivity (Wildman–Crippen MR) is 83.3 cm³/mol. The third kappa shape index (κ3) is 5.52. The summed E-state index contributed by atoms with van der Waals surface area (Å²) in [5.74, 6) is -1.17. The molecule has 0 atom stereocenters. The van der Waals surface area contributed by atoms with Crippen LogP contribution in [0.25, 0.3) is 0 Å². The Kier molecular flexibility index (Phi) is 5.82. The van der Waals surface area contributed by atoms with Crippen LogP contribution in [0.15, 0.2) is 46.9 Å². The smallest absolute Gasteiger partial charge is 0.422 e. The van der Waals surface area contributed by atoms with Crippen molar-refractivity contribution in [2.75, 3.05) is 6.61 Å². The summed E-state index contributed by atoms with van der Waals surface area (Å²) in [4.78, 5) is 11.9. The fourth-order valence-electron chi connectivity index (χ4n) is 1.82. The molecule has 2 rings (SSSR count). The van der Waals surface area contributed by atoms with Gasteiger partial charge in [0.05, 0.1) is 5.56 Å². The Hall–Kier alpha value is -2.09. The highest BCUT2D eigenvalue weighted by atomic mass is 79.9. The number of rotatable bonds is 5. The SMILES string of the molecule is O=C(NCc1ccc(OCC(F)(F)F)cc1)c1ccc(Br)cc1F. The van der Waals surface area contributed by atoms with Crippen LogP contribution in [0.3, 0.4) is 0 Å². The van der Waals surface area contributed by atoms with Gasteiger partial charge in [0, 0.05) is 11.0 Å². The van der Waals surface area contributed by atoms with Gasteiger partial charge in [0.15, 0.2) is 6.61 Å². The number of ether oxygens (including phenoxy) is 1. The van der Waals surface area contributed by atoms with Crippen LogP contribution < -0.4 is 10.1 Å². The summed E-state index contributed by atoms with van der Waals surface area (Å²) in [6, 6.07) is 9.85. The zero-order valence-corrected chi connectivity index (χ0v) is 13.7. The van der Waals surface area contributed by atoms with Crippen molar-refractivity contribution in [3.8, 4) is 5.75 Å². The number of halogens is 5. The van der Waals surface area contributed by atoms with Gasteiger partial charge in [-0.25, -0.2) is 4.39 Å². The van der Waals surface area contributed by atoms with Crippen LogP contribution in [0, 0.1) is 5.82 Å². The number of hydrogen-bond acceptors (Lipinski definition) is 2. The number of nitrogens with one attached hydrogen (secondary N) is 1. The molecule has 1 N–H and O–H groups in total. The summed E-state index contributed by atoms with van der Waals surface area (Å²) in [6.07, 6.45) is -4.40. The molecule has 0 aliphatic heterocycles. The predicted octanol–water partition coefficient (Wildman–Crippen LogP) is 4.46. The van der Waals surface area contributed by atoms with Gasteiger partial charge in [0.25, 0.3) is 5.91 Å². The largest absolute Gasteiger partial charge is 0.484 e. The second-order valence-corrected chi connectivity index (χ2v) is 5.77. The molecule has 3 nitrogen and oxygen atoms in total. The first-order valence-electron chi connectivity index (χ1n) is 6.76. The minimum atomic E-state index is -4.40. The van der Waals surface area contributed by atoms with E-state index in [0.717, 1.165) is 0 Å². The van der Waals surface area contributed by atoms with E-state index in [1.807, 2.05) is 0 Å². The molecule has 128 valence electrons. The van der Waals surface area contributed by atoms with E-state index in [2.05, 4.69) is 26.0 Å². The maximum Gasteiger partial charge on any atom is 0.422 e. The van der Waals surface area contributed by atoms with Gasteiger partial charge in [-0.2, -0.15) is 13.2 Å². The molecule has 0 fully saturated rings. The maximum absolute atomic E-state index is 13.7. The molecule has 1 amide bonds. The van der Waals surface area contributed by atoms with Gasteiger partial charge in [-0.15, -0.1) is 0 Å². The lowest BCUT2D eigenvalue weighted by Gasteiger charge is -2.10. The molecule has 0 saturated heterocycles. The molecule has 0 unspecified atom stereocenters. The van der Waals surface area contributed by atoms with Crippen LogP contribution in [-0.4, -0.2) is 18.7 Å². The molecule has 24 heavy (non-hydrogen) atoms. The van der Waals surface area contributed by atoms with Crippen LogP contribution in [-0.2, 0) is 6.54 Å². The molecule has 8 heteroatoms. The van der Waals surface area contributed by atoms with Gasteiger partial charge in [-0.1, -0.05) is 28.1 Å². The number of benzene rings is 2. The Balaban J connectivity index is 1.91. The van der Waals surface area contributed by atoms with E-state index in [0.29, 0.717) is 10.0 Å². The van der Waals surface area contributed by atoms with Crippen molar-refractivity contribution in [3.05, 3.63) is 63.9 Å². The summed E-state index contributed by atoms with van der Waals surface area (Å²) in [5, 5.41) is 2.54. The first kappa shape index (κ1) is 18.3. The van der Waals surface area contributed by atoms with Gasteiger partial charge in [0.1, 0.15) is 11.6 Å². The van der Waals surface area contributed by atoms with Crippen molar-refractivity contribution < 1.29 is 27.1 Å². The van der Waals surface area contributed by atoms with Crippen LogP contribution in [0.1, 0.15) is 15.9 Å². The molecule has 0 aromatic heterocycles. The fraction of sp³-hybridized carbons (Fsp3) is 0.188. The molecular weight excluding hydrogens is 394 g/mol. The number of alkyl halides is 3. The molecule has 0 aliphatic rings. The van der Waals surface area contributed by atoms with Crippen molar-refractivity contribution in [1.29, 1.82) is 0 Å². The summed E-state index contributed by atoms with van der Waals surface area (Å²) in [7, 11) is 0. The van der Waals surface area contributed by atoms with Crippen molar-refractivity contribution >= 4 is 21.8 Å². The highest BCUT2D eigenvalue weighted by molar-refractivity contribution is 9.10. The van der Waals surface area contributed by atoms with Crippen LogP contribution in [0.5, 0.6) is 5.75 Å². The summed E-state index contributed by atoms with van der Waals surface area (Å²) < 4.78 is 54.9. The molecule has 0 aliphatic carbocycles.